The largest absolute Gasteiger partial charge is 0.352 e. The topological polar surface area (TPSA) is 62.3 Å². The maximum atomic E-state index is 12.5. The van der Waals surface area contributed by atoms with Crippen LogP contribution in [-0.4, -0.2) is 40.3 Å². The van der Waals surface area contributed by atoms with E-state index in [1.807, 2.05) is 0 Å². The molecule has 5 heteroatoms. The lowest BCUT2D eigenvalue weighted by Gasteiger charge is -2.41. The lowest BCUT2D eigenvalue weighted by molar-refractivity contribution is -0.133. The molecule has 1 aromatic rings. The van der Waals surface area contributed by atoms with Gasteiger partial charge in [-0.25, -0.2) is 0 Å². The van der Waals surface area contributed by atoms with E-state index in [0.717, 1.165) is 0 Å². The van der Waals surface area contributed by atoms with Crippen LogP contribution in [0.2, 0.25) is 0 Å². The number of pyridine rings is 1. The molecule has 1 saturated heterocycles. The first-order chi connectivity index (χ1) is 8.44. The Morgan fingerprint density at radius 2 is 2.22 bits per heavy atom. The number of rotatable bonds is 1. The minimum absolute atomic E-state index is 0.122. The molecule has 1 aliphatic heterocycles. The van der Waals surface area contributed by atoms with Crippen LogP contribution in [-0.2, 0) is 4.79 Å². The summed E-state index contributed by atoms with van der Waals surface area (Å²) in [4.78, 5) is 30.0. The molecule has 2 heterocycles. The first-order valence-corrected chi connectivity index (χ1v) is 5.96. The van der Waals surface area contributed by atoms with Crippen molar-refractivity contribution in [2.75, 3.05) is 13.1 Å². The van der Waals surface area contributed by atoms with Crippen LogP contribution in [0.25, 0.3) is 0 Å². The van der Waals surface area contributed by atoms with E-state index in [9.17, 15) is 9.59 Å². The average molecular weight is 247 g/mol. The maximum absolute atomic E-state index is 12.5. The molecule has 0 bridgehead atoms. The molecular weight excluding hydrogens is 230 g/mol. The molecule has 2 rings (SSSR count). The first kappa shape index (κ1) is 12.5. The predicted molar refractivity (Wildman–Crippen MR) is 67.1 cm³/mol. The standard InChI is InChI=1S/C13H17N3O2/c1-9-10(5-4-6-14-9)11(17)16-8-7-15-12(18)13(16,2)3/h4-6H,7-8H2,1-3H3,(H,15,18). The number of hydrogen-bond acceptors (Lipinski definition) is 3. The number of amides is 2. The van der Waals surface area contributed by atoms with E-state index < -0.39 is 5.54 Å². The minimum Gasteiger partial charge on any atom is -0.352 e. The van der Waals surface area contributed by atoms with Gasteiger partial charge < -0.3 is 10.2 Å². The Kier molecular flexibility index (Phi) is 3.07. The van der Waals surface area contributed by atoms with Crippen molar-refractivity contribution in [1.29, 1.82) is 0 Å². The summed E-state index contributed by atoms with van der Waals surface area (Å²) in [6.45, 7) is 6.32. The molecule has 96 valence electrons. The van der Waals surface area contributed by atoms with Gasteiger partial charge in [0, 0.05) is 25.0 Å². The van der Waals surface area contributed by atoms with Crippen molar-refractivity contribution >= 4 is 11.8 Å². The number of nitrogens with zero attached hydrogens (tertiary/aromatic N) is 2. The van der Waals surface area contributed by atoms with E-state index in [-0.39, 0.29) is 11.8 Å². The second kappa shape index (κ2) is 4.40. The number of nitrogens with one attached hydrogen (secondary N) is 1. The van der Waals surface area contributed by atoms with Crippen molar-refractivity contribution in [3.05, 3.63) is 29.6 Å². The van der Waals surface area contributed by atoms with Gasteiger partial charge in [-0.05, 0) is 32.9 Å². The van der Waals surface area contributed by atoms with Crippen LogP contribution in [0, 0.1) is 6.92 Å². The highest BCUT2D eigenvalue weighted by Crippen LogP contribution is 2.21. The van der Waals surface area contributed by atoms with Crippen LogP contribution in [0.3, 0.4) is 0 Å². The van der Waals surface area contributed by atoms with Gasteiger partial charge in [0.25, 0.3) is 5.91 Å². The molecule has 0 spiro atoms. The Labute approximate surface area is 106 Å². The highest BCUT2D eigenvalue weighted by atomic mass is 16.2. The van der Waals surface area contributed by atoms with Gasteiger partial charge in [-0.2, -0.15) is 0 Å². The van der Waals surface area contributed by atoms with Crippen LogP contribution in [0.1, 0.15) is 29.9 Å². The first-order valence-electron chi connectivity index (χ1n) is 5.96. The van der Waals surface area contributed by atoms with Gasteiger partial charge in [0.2, 0.25) is 5.91 Å². The zero-order valence-corrected chi connectivity index (χ0v) is 10.9. The van der Waals surface area contributed by atoms with E-state index in [2.05, 4.69) is 10.3 Å². The van der Waals surface area contributed by atoms with E-state index in [0.29, 0.717) is 24.3 Å². The Bertz CT molecular complexity index is 497. The summed E-state index contributed by atoms with van der Waals surface area (Å²) in [6.07, 6.45) is 1.65. The SMILES string of the molecule is Cc1ncccc1C(=O)N1CCNC(=O)C1(C)C. The molecule has 0 unspecified atom stereocenters. The fraction of sp³-hybridized carbons (Fsp3) is 0.462. The molecule has 0 aliphatic carbocycles. The minimum atomic E-state index is -0.822. The summed E-state index contributed by atoms with van der Waals surface area (Å²) in [7, 11) is 0. The second-order valence-corrected chi connectivity index (χ2v) is 4.91. The molecular formula is C13H17N3O2. The third kappa shape index (κ3) is 1.96. The molecule has 18 heavy (non-hydrogen) atoms. The molecule has 0 atom stereocenters. The molecule has 1 fully saturated rings. The summed E-state index contributed by atoms with van der Waals surface area (Å²) in [6, 6.07) is 3.48. The molecule has 1 aromatic heterocycles. The van der Waals surface area contributed by atoms with E-state index >= 15 is 0 Å². The fourth-order valence-corrected chi connectivity index (χ4v) is 2.11. The third-order valence-electron chi connectivity index (χ3n) is 3.33. The monoisotopic (exact) mass is 247 g/mol. The van der Waals surface area contributed by atoms with Gasteiger partial charge in [-0.3, -0.25) is 14.6 Å². The molecule has 1 aliphatic rings. The number of carbonyl (C=O) groups is 2. The molecule has 5 nitrogen and oxygen atoms in total. The number of hydrogen-bond donors (Lipinski definition) is 1. The number of piperazine rings is 1. The fourth-order valence-electron chi connectivity index (χ4n) is 2.11. The van der Waals surface area contributed by atoms with E-state index in [1.54, 1.807) is 44.0 Å². The van der Waals surface area contributed by atoms with Crippen LogP contribution in [0.15, 0.2) is 18.3 Å². The molecule has 1 N–H and O–H groups in total. The Hall–Kier alpha value is -1.91. The van der Waals surface area contributed by atoms with Crippen LogP contribution < -0.4 is 5.32 Å². The van der Waals surface area contributed by atoms with Crippen molar-refractivity contribution < 1.29 is 9.59 Å². The smallest absolute Gasteiger partial charge is 0.256 e. The number of aryl methyl sites for hydroxylation is 1. The second-order valence-electron chi connectivity index (χ2n) is 4.91. The highest BCUT2D eigenvalue weighted by molar-refractivity contribution is 6.00. The van der Waals surface area contributed by atoms with Crippen molar-refractivity contribution in [1.82, 2.24) is 15.2 Å². The Morgan fingerprint density at radius 3 is 2.89 bits per heavy atom. The Balaban J connectivity index is 2.34. The van der Waals surface area contributed by atoms with Crippen molar-refractivity contribution in [2.45, 2.75) is 26.3 Å². The van der Waals surface area contributed by atoms with Gasteiger partial charge in [0.15, 0.2) is 0 Å². The normalized spacial score (nSPS) is 18.4. The van der Waals surface area contributed by atoms with Crippen LogP contribution in [0.4, 0.5) is 0 Å². The van der Waals surface area contributed by atoms with Gasteiger partial charge in [0.05, 0.1) is 5.56 Å². The average Bonchev–Trinajstić information content (AvgIpc) is 2.32. The molecule has 0 saturated carbocycles. The molecule has 0 aromatic carbocycles. The Morgan fingerprint density at radius 1 is 1.50 bits per heavy atom. The van der Waals surface area contributed by atoms with Crippen molar-refractivity contribution in [3.63, 3.8) is 0 Å². The third-order valence-corrected chi connectivity index (χ3v) is 3.33. The lowest BCUT2D eigenvalue weighted by Crippen LogP contribution is -2.63. The van der Waals surface area contributed by atoms with Gasteiger partial charge in [-0.15, -0.1) is 0 Å². The highest BCUT2D eigenvalue weighted by Gasteiger charge is 2.40. The van der Waals surface area contributed by atoms with Gasteiger partial charge >= 0.3 is 0 Å². The zero-order valence-electron chi connectivity index (χ0n) is 10.9. The summed E-state index contributed by atoms with van der Waals surface area (Å²) >= 11 is 0. The predicted octanol–water partition coefficient (Wildman–Crippen LogP) is 0.741. The number of carbonyl (C=O) groups excluding carboxylic acids is 2. The van der Waals surface area contributed by atoms with Crippen molar-refractivity contribution in [2.24, 2.45) is 0 Å². The zero-order chi connectivity index (χ0) is 13.3. The summed E-state index contributed by atoms with van der Waals surface area (Å²) < 4.78 is 0. The van der Waals surface area contributed by atoms with Crippen LogP contribution in [0.5, 0.6) is 0 Å². The number of aromatic nitrogens is 1. The lowest BCUT2D eigenvalue weighted by atomic mass is 9.97. The summed E-state index contributed by atoms with van der Waals surface area (Å²) in [5.41, 5.74) is 0.419. The summed E-state index contributed by atoms with van der Waals surface area (Å²) in [5.74, 6) is -0.260. The van der Waals surface area contributed by atoms with E-state index in [1.165, 1.54) is 0 Å². The van der Waals surface area contributed by atoms with Crippen LogP contribution >= 0.6 is 0 Å². The summed E-state index contributed by atoms with van der Waals surface area (Å²) in [5, 5.41) is 2.77. The van der Waals surface area contributed by atoms with Gasteiger partial charge in [-0.1, -0.05) is 0 Å². The molecule has 2 amide bonds. The molecule has 0 radical (unpaired) electrons. The van der Waals surface area contributed by atoms with Crippen molar-refractivity contribution in [3.8, 4) is 0 Å². The quantitative estimate of drug-likeness (QED) is 0.796. The van der Waals surface area contributed by atoms with E-state index in [4.69, 9.17) is 0 Å². The maximum Gasteiger partial charge on any atom is 0.256 e. The van der Waals surface area contributed by atoms with Gasteiger partial charge in [0.1, 0.15) is 5.54 Å².